The minimum absolute atomic E-state index is 0. The van der Waals surface area contributed by atoms with E-state index >= 15 is 0 Å². The van der Waals surface area contributed by atoms with E-state index in [4.69, 9.17) is 14.9 Å². The van der Waals surface area contributed by atoms with Gasteiger partial charge in [-0.2, -0.15) is 0 Å². The maximum absolute atomic E-state index is 9.53. The number of hydrogen-bond acceptors (Lipinski definition) is 3. The molecule has 0 bridgehead atoms. The Kier molecular flexibility index (Phi) is 5.18. The summed E-state index contributed by atoms with van der Waals surface area (Å²) in [5.74, 6) is 0. The third-order valence-electron chi connectivity index (χ3n) is 0.197. The van der Waals surface area contributed by atoms with Crippen LogP contribution in [0.5, 0.6) is 0 Å². The summed E-state index contributed by atoms with van der Waals surface area (Å²) in [6.45, 7) is 0. The van der Waals surface area contributed by atoms with Gasteiger partial charge in [0.05, 0.1) is 0 Å². The normalized spacial score (nSPS) is 9.56. The van der Waals surface area contributed by atoms with Gasteiger partial charge in [0.1, 0.15) is 0 Å². The molecule has 0 aromatic rings. The van der Waals surface area contributed by atoms with Crippen molar-refractivity contribution in [3.63, 3.8) is 0 Å². The van der Waals surface area contributed by atoms with Gasteiger partial charge in [-0.3, -0.25) is 9.79 Å². The van der Waals surface area contributed by atoms with E-state index in [1.165, 1.54) is 0 Å². The van der Waals surface area contributed by atoms with Crippen LogP contribution in [0.4, 0.5) is 4.79 Å². The van der Waals surface area contributed by atoms with Crippen molar-refractivity contribution in [2.45, 2.75) is 0 Å². The minimum Gasteiger partial charge on any atom is -0.449 e. The molecule has 0 amide bonds. The van der Waals surface area contributed by atoms with Gasteiger partial charge in [0.2, 0.25) is 0 Å². The number of carboxylic acid groups (broad SMARTS) is 1. The van der Waals surface area contributed by atoms with Gasteiger partial charge in [-0.25, -0.2) is 9.36 Å². The molecule has 0 atom stereocenters. The molecule has 3 N–H and O–H groups in total. The van der Waals surface area contributed by atoms with Crippen LogP contribution in [0.3, 0.4) is 0 Å². The van der Waals surface area contributed by atoms with E-state index in [1.807, 2.05) is 0 Å². The molecule has 0 saturated carbocycles. The summed E-state index contributed by atoms with van der Waals surface area (Å²) in [6, 6.07) is 0. The van der Waals surface area contributed by atoms with Crippen LogP contribution < -0.4 is 0 Å². The Balaban J connectivity index is 0. The second-order valence-electron chi connectivity index (χ2n) is 0.848. The molecule has 0 aliphatic heterocycles. The van der Waals surface area contributed by atoms with E-state index in [0.29, 0.717) is 0 Å². The molecule has 0 radical (unpaired) electrons. The molecule has 0 aromatic carbocycles. The molecule has 0 heterocycles. The van der Waals surface area contributed by atoms with Crippen LogP contribution in [0.25, 0.3) is 0 Å². The first-order valence-corrected chi connectivity index (χ1v) is 2.93. The Morgan fingerprint density at radius 3 is 1.78 bits per heavy atom. The van der Waals surface area contributed by atoms with Gasteiger partial charge >= 0.3 is 14.0 Å². The van der Waals surface area contributed by atoms with Crippen molar-refractivity contribution in [1.82, 2.24) is 0 Å². The third kappa shape index (κ3) is 11.5. The fourth-order valence-corrected chi connectivity index (χ4v) is 0.305. The molecule has 9 heavy (non-hydrogen) atoms. The summed E-state index contributed by atoms with van der Waals surface area (Å²) in [4.78, 5) is 24.7. The molecule has 0 fully saturated rings. The summed E-state index contributed by atoms with van der Waals surface area (Å²) in [5.41, 5.74) is 0. The predicted molar refractivity (Wildman–Crippen MR) is 21.2 cm³/mol. The van der Waals surface area contributed by atoms with Crippen molar-refractivity contribution in [1.29, 1.82) is 0 Å². The monoisotopic (exact) mass is 206 g/mol. The van der Waals surface area contributed by atoms with Crippen LogP contribution >= 0.6 is 7.82 Å². The number of hydrogen-bond donors (Lipinski definition) is 3. The molecule has 0 spiro atoms. The average molecular weight is 207 g/mol. The van der Waals surface area contributed by atoms with Crippen LogP contribution in [0.2, 0.25) is 0 Å². The molecular formula is CH3O6PZn. The van der Waals surface area contributed by atoms with Crippen LogP contribution in [0, 0.1) is 0 Å². The van der Waals surface area contributed by atoms with E-state index < -0.39 is 14.0 Å². The van der Waals surface area contributed by atoms with Gasteiger partial charge < -0.3 is 9.63 Å². The fourth-order valence-electron chi connectivity index (χ4n) is 0.102. The van der Waals surface area contributed by atoms with Gasteiger partial charge in [0.15, 0.2) is 0 Å². The summed E-state index contributed by atoms with van der Waals surface area (Å²) >= 11 is 0. The molecule has 50 valence electrons. The Bertz CT molecular complexity index is 136. The van der Waals surface area contributed by atoms with E-state index in [2.05, 4.69) is 4.52 Å². The van der Waals surface area contributed by atoms with Crippen molar-refractivity contribution in [3.8, 4) is 0 Å². The number of carbonyl (C=O) groups is 1. The molecule has 0 aliphatic rings. The maximum atomic E-state index is 9.53. The van der Waals surface area contributed by atoms with E-state index in [1.54, 1.807) is 0 Å². The van der Waals surface area contributed by atoms with Gasteiger partial charge in [0, 0.05) is 19.5 Å². The molecule has 0 rings (SSSR count). The Hall–Kier alpha value is 0.0434. The molecule has 6 nitrogen and oxygen atoms in total. The Morgan fingerprint density at radius 2 is 1.78 bits per heavy atom. The first-order valence-electron chi connectivity index (χ1n) is 1.40. The number of phosphoric ester groups is 1. The predicted octanol–water partition coefficient (Wildman–Crippen LogP) is -0.229. The minimum atomic E-state index is -4.82. The van der Waals surface area contributed by atoms with E-state index in [0.717, 1.165) is 0 Å². The Morgan fingerprint density at radius 1 is 1.44 bits per heavy atom. The second kappa shape index (κ2) is 3.96. The first kappa shape index (κ1) is 11.8. The summed E-state index contributed by atoms with van der Waals surface area (Å²) in [6.07, 6.45) is -1.99. The van der Waals surface area contributed by atoms with Crippen LogP contribution in [0.15, 0.2) is 0 Å². The second-order valence-corrected chi connectivity index (χ2v) is 2.01. The molecular weight excluding hydrogens is 204 g/mol. The van der Waals surface area contributed by atoms with Crippen molar-refractivity contribution >= 4 is 14.0 Å². The zero-order chi connectivity index (χ0) is 6.78. The quantitative estimate of drug-likeness (QED) is 0.405. The number of phosphoric acid groups is 1. The third-order valence-corrected chi connectivity index (χ3v) is 0.591. The molecule has 0 saturated heterocycles. The molecule has 8 heteroatoms. The van der Waals surface area contributed by atoms with Crippen LogP contribution in [-0.2, 0) is 28.6 Å². The van der Waals surface area contributed by atoms with Crippen LogP contribution in [0.1, 0.15) is 0 Å². The van der Waals surface area contributed by atoms with E-state index in [9.17, 15) is 9.36 Å². The van der Waals surface area contributed by atoms with Gasteiger partial charge in [0.25, 0.3) is 0 Å². The summed E-state index contributed by atoms with van der Waals surface area (Å²) in [5, 5.41) is 7.53. The zero-order valence-electron chi connectivity index (χ0n) is 4.22. The topological polar surface area (TPSA) is 104 Å². The number of rotatable bonds is 1. The van der Waals surface area contributed by atoms with Crippen LogP contribution in [-0.4, -0.2) is 21.0 Å². The standard InChI is InChI=1S/CH3O6P.Zn/c2-1(3)7-8(4,5)6;/h(H,2,3)(H2,4,5,6);. The SMILES string of the molecule is O=C(O)OP(=O)(O)O.[Zn]. The molecule has 0 aromatic heterocycles. The summed E-state index contributed by atoms with van der Waals surface area (Å²) < 4.78 is 12.6. The summed E-state index contributed by atoms with van der Waals surface area (Å²) in [7, 11) is -4.82. The zero-order valence-corrected chi connectivity index (χ0v) is 8.08. The smallest absolute Gasteiger partial charge is 0.449 e. The Labute approximate surface area is 62.8 Å². The molecule has 0 aliphatic carbocycles. The van der Waals surface area contributed by atoms with E-state index in [-0.39, 0.29) is 19.5 Å². The average Bonchev–Trinajstić information content (AvgIpc) is 1.21. The molecule has 0 unspecified atom stereocenters. The first-order chi connectivity index (χ1) is 3.42. The van der Waals surface area contributed by atoms with Gasteiger partial charge in [-0.05, 0) is 0 Å². The van der Waals surface area contributed by atoms with Crippen molar-refractivity contribution < 1.29 is 48.3 Å². The largest absolute Gasteiger partial charge is 0.529 e. The van der Waals surface area contributed by atoms with Crippen molar-refractivity contribution in [2.75, 3.05) is 0 Å². The van der Waals surface area contributed by atoms with Crippen molar-refractivity contribution in [3.05, 3.63) is 0 Å². The van der Waals surface area contributed by atoms with Gasteiger partial charge in [-0.1, -0.05) is 0 Å². The fraction of sp³-hybridized carbons (Fsp3) is 0. The van der Waals surface area contributed by atoms with Crippen molar-refractivity contribution in [2.24, 2.45) is 0 Å². The maximum Gasteiger partial charge on any atom is 0.529 e. The van der Waals surface area contributed by atoms with Gasteiger partial charge in [-0.15, -0.1) is 0 Å².